The normalized spacial score (nSPS) is 15.3. The van der Waals surface area contributed by atoms with Crippen LogP contribution in [0.5, 0.6) is 0 Å². The summed E-state index contributed by atoms with van der Waals surface area (Å²) in [7, 11) is 0. The Bertz CT molecular complexity index is 517. The third-order valence-electron chi connectivity index (χ3n) is 4.39. The molecule has 2 nitrogen and oxygen atoms in total. The lowest BCUT2D eigenvalue weighted by molar-refractivity contribution is 0.0574. The number of aliphatic hydroxyl groups is 1. The summed E-state index contributed by atoms with van der Waals surface area (Å²) in [5.41, 5.74) is 2.54. The molecule has 23 heavy (non-hydrogen) atoms. The fourth-order valence-corrected chi connectivity index (χ4v) is 3.80. The van der Waals surface area contributed by atoms with Crippen molar-refractivity contribution in [3.8, 4) is 0 Å². The minimum absolute atomic E-state index is 0.0698. The van der Waals surface area contributed by atoms with Gasteiger partial charge in [0, 0.05) is 19.1 Å². The van der Waals surface area contributed by atoms with Crippen LogP contribution >= 0.6 is 15.9 Å². The molecule has 2 rings (SSSR count). The monoisotopic (exact) mass is 375 g/mol. The van der Waals surface area contributed by atoms with Crippen molar-refractivity contribution < 1.29 is 5.11 Å². The summed E-state index contributed by atoms with van der Waals surface area (Å²) in [6.45, 7) is 6.04. The molecule has 0 spiro atoms. The quantitative estimate of drug-likeness (QED) is 0.668. The third-order valence-corrected chi connectivity index (χ3v) is 4.93. The van der Waals surface area contributed by atoms with Gasteiger partial charge < -0.3 is 5.11 Å². The van der Waals surface area contributed by atoms with Gasteiger partial charge in [0.15, 0.2) is 0 Å². The number of aliphatic hydroxyl groups excluding tert-OH is 1. The van der Waals surface area contributed by atoms with E-state index < -0.39 is 5.01 Å². The molecule has 3 atom stereocenters. The standard InChI is InChI=1S/C20H26BrNO/c1-3-16(2)19(20(21)23)22(14-17-10-6-4-7-11-17)15-18-12-8-5-9-13-18/h4-13,16,19-20,23H,3,14-15H2,1-2H3/t16-,19-,20?/m0/s1. The minimum Gasteiger partial charge on any atom is -0.380 e. The fourth-order valence-electron chi connectivity index (χ4n) is 2.95. The molecule has 0 aromatic heterocycles. The minimum atomic E-state index is -0.537. The number of hydrogen-bond acceptors (Lipinski definition) is 2. The van der Waals surface area contributed by atoms with Gasteiger partial charge in [-0.3, -0.25) is 4.90 Å². The Morgan fingerprint density at radius 2 is 1.35 bits per heavy atom. The Hall–Kier alpha value is -1.16. The Morgan fingerprint density at radius 1 is 0.913 bits per heavy atom. The van der Waals surface area contributed by atoms with Gasteiger partial charge in [0.2, 0.25) is 0 Å². The molecule has 0 saturated heterocycles. The van der Waals surface area contributed by atoms with E-state index in [-0.39, 0.29) is 6.04 Å². The molecule has 0 saturated carbocycles. The van der Waals surface area contributed by atoms with Crippen LogP contribution in [-0.4, -0.2) is 21.1 Å². The molecule has 0 fully saturated rings. The maximum Gasteiger partial charge on any atom is 0.124 e. The molecule has 0 radical (unpaired) electrons. The zero-order valence-corrected chi connectivity index (χ0v) is 15.5. The van der Waals surface area contributed by atoms with Gasteiger partial charge in [-0.25, -0.2) is 0 Å². The maximum atomic E-state index is 10.3. The SMILES string of the molecule is CC[C@H](C)[C@@H](C(O)Br)N(Cc1ccccc1)Cc1ccccc1. The molecule has 3 heteroatoms. The van der Waals surface area contributed by atoms with E-state index in [1.807, 2.05) is 12.1 Å². The van der Waals surface area contributed by atoms with Gasteiger partial charge >= 0.3 is 0 Å². The summed E-state index contributed by atoms with van der Waals surface area (Å²) in [5, 5.41) is 9.78. The lowest BCUT2D eigenvalue weighted by Gasteiger charge is -2.37. The smallest absolute Gasteiger partial charge is 0.124 e. The lowest BCUT2D eigenvalue weighted by atomic mass is 9.97. The van der Waals surface area contributed by atoms with Gasteiger partial charge in [-0.15, -0.1) is 0 Å². The van der Waals surface area contributed by atoms with Gasteiger partial charge in [-0.1, -0.05) is 96.9 Å². The van der Waals surface area contributed by atoms with Crippen molar-refractivity contribution in [3.63, 3.8) is 0 Å². The van der Waals surface area contributed by atoms with Gasteiger partial charge in [0.05, 0.1) is 0 Å². The van der Waals surface area contributed by atoms with Crippen molar-refractivity contribution in [2.45, 2.75) is 44.4 Å². The molecule has 124 valence electrons. The van der Waals surface area contributed by atoms with Crippen LogP contribution in [0.25, 0.3) is 0 Å². The van der Waals surface area contributed by atoms with Crippen LogP contribution in [0.2, 0.25) is 0 Å². The first-order valence-corrected chi connectivity index (χ1v) is 9.17. The van der Waals surface area contributed by atoms with E-state index in [1.54, 1.807) is 0 Å². The van der Waals surface area contributed by atoms with Crippen LogP contribution in [-0.2, 0) is 13.1 Å². The van der Waals surface area contributed by atoms with Crippen molar-refractivity contribution in [1.29, 1.82) is 0 Å². The van der Waals surface area contributed by atoms with Crippen LogP contribution in [0.1, 0.15) is 31.4 Å². The molecule has 0 amide bonds. The largest absolute Gasteiger partial charge is 0.380 e. The molecule has 1 N–H and O–H groups in total. The Labute approximate surface area is 148 Å². The highest BCUT2D eigenvalue weighted by Gasteiger charge is 2.29. The first-order valence-electron chi connectivity index (χ1n) is 8.25. The molecule has 0 aliphatic heterocycles. The van der Waals surface area contributed by atoms with Crippen LogP contribution < -0.4 is 0 Å². The van der Waals surface area contributed by atoms with E-state index in [9.17, 15) is 5.11 Å². The first-order chi connectivity index (χ1) is 11.1. The molecule has 2 aromatic carbocycles. The number of halogens is 1. The molecular weight excluding hydrogens is 350 g/mol. The number of rotatable bonds is 8. The van der Waals surface area contributed by atoms with E-state index in [4.69, 9.17) is 0 Å². The van der Waals surface area contributed by atoms with Crippen molar-refractivity contribution in [3.05, 3.63) is 71.8 Å². The summed E-state index contributed by atoms with van der Waals surface area (Å²) in [6.07, 6.45) is 1.04. The van der Waals surface area contributed by atoms with Gasteiger partial charge in [-0.2, -0.15) is 0 Å². The number of alkyl halides is 1. The first kappa shape index (κ1) is 18.2. The van der Waals surface area contributed by atoms with E-state index >= 15 is 0 Å². The van der Waals surface area contributed by atoms with Crippen LogP contribution in [0.15, 0.2) is 60.7 Å². The summed E-state index contributed by atoms with van der Waals surface area (Å²) in [6, 6.07) is 21.0. The van der Waals surface area contributed by atoms with E-state index in [0.29, 0.717) is 5.92 Å². The predicted octanol–water partition coefficient (Wildman–Crippen LogP) is 4.82. The fraction of sp³-hybridized carbons (Fsp3) is 0.400. The highest BCUT2D eigenvalue weighted by Crippen LogP contribution is 2.25. The average molecular weight is 376 g/mol. The number of nitrogens with zero attached hydrogens (tertiary/aromatic N) is 1. The Morgan fingerprint density at radius 3 is 1.70 bits per heavy atom. The highest BCUT2D eigenvalue weighted by atomic mass is 79.9. The van der Waals surface area contributed by atoms with Crippen molar-refractivity contribution in [2.75, 3.05) is 0 Å². The topological polar surface area (TPSA) is 23.5 Å². The molecule has 2 aromatic rings. The second-order valence-corrected chi connectivity index (χ2v) is 7.06. The molecule has 0 bridgehead atoms. The molecule has 0 aliphatic rings. The van der Waals surface area contributed by atoms with Crippen molar-refractivity contribution in [2.24, 2.45) is 5.92 Å². The molecular formula is C20H26BrNO. The molecule has 0 aliphatic carbocycles. The van der Waals surface area contributed by atoms with Gasteiger partial charge in [0.1, 0.15) is 5.01 Å². The van der Waals surface area contributed by atoms with Crippen molar-refractivity contribution in [1.82, 2.24) is 4.90 Å². The lowest BCUT2D eigenvalue weighted by Crippen LogP contribution is -2.44. The summed E-state index contributed by atoms with van der Waals surface area (Å²) in [4.78, 5) is 2.37. The maximum absolute atomic E-state index is 10.3. The third kappa shape index (κ3) is 5.45. The second-order valence-electron chi connectivity index (χ2n) is 6.12. The van der Waals surface area contributed by atoms with E-state index in [0.717, 1.165) is 19.5 Å². The Balaban J connectivity index is 2.25. The number of benzene rings is 2. The van der Waals surface area contributed by atoms with E-state index in [1.165, 1.54) is 11.1 Å². The molecule has 1 unspecified atom stereocenters. The van der Waals surface area contributed by atoms with Crippen molar-refractivity contribution >= 4 is 15.9 Å². The summed E-state index contributed by atoms with van der Waals surface area (Å²) in [5.74, 6) is 0.400. The van der Waals surface area contributed by atoms with Crippen LogP contribution in [0.3, 0.4) is 0 Å². The molecule has 0 heterocycles. The van der Waals surface area contributed by atoms with E-state index in [2.05, 4.69) is 83.2 Å². The Kier molecular flexibility index (Phi) is 7.28. The van der Waals surface area contributed by atoms with Gasteiger partial charge in [-0.05, 0) is 17.0 Å². The van der Waals surface area contributed by atoms with Gasteiger partial charge in [0.25, 0.3) is 0 Å². The van der Waals surface area contributed by atoms with Crippen LogP contribution in [0, 0.1) is 5.92 Å². The summed E-state index contributed by atoms with van der Waals surface area (Å²) >= 11 is 3.42. The average Bonchev–Trinajstić information content (AvgIpc) is 2.56. The van der Waals surface area contributed by atoms with Crippen LogP contribution in [0.4, 0.5) is 0 Å². The zero-order valence-electron chi connectivity index (χ0n) is 13.9. The highest BCUT2D eigenvalue weighted by molar-refractivity contribution is 9.09. The number of hydrogen-bond donors (Lipinski definition) is 1. The summed E-state index contributed by atoms with van der Waals surface area (Å²) < 4.78 is 0. The predicted molar refractivity (Wildman–Crippen MR) is 100 cm³/mol. The second kappa shape index (κ2) is 9.21. The zero-order chi connectivity index (χ0) is 16.7.